The van der Waals surface area contributed by atoms with Gasteiger partial charge in [-0.3, -0.25) is 9.67 Å². The fraction of sp³-hybridized carbons (Fsp3) is 0.524. The standard InChI is InChI=1S/C21H26F3N5O2.HI/c1-3-25-20(29-8-9-30-19(13-29)14-11-26-28(2)12-14)27-17-10-16(17)15-6-4-5-7-18(15)31-21(22,23)24;/h4-7,11-12,16-17,19H,3,8-10,13H2,1-2H3,(H,25,27);1H. The number of halogens is 4. The normalized spacial score (nSPS) is 23.5. The predicted octanol–water partition coefficient (Wildman–Crippen LogP) is 3.83. The van der Waals surface area contributed by atoms with E-state index < -0.39 is 6.36 Å². The van der Waals surface area contributed by atoms with Gasteiger partial charge < -0.3 is 19.7 Å². The lowest BCUT2D eigenvalue weighted by Crippen LogP contribution is -2.49. The quantitative estimate of drug-likeness (QED) is 0.340. The third-order valence-corrected chi connectivity index (χ3v) is 5.42. The third-order valence-electron chi connectivity index (χ3n) is 5.42. The molecule has 0 amide bonds. The second kappa shape index (κ2) is 10.3. The Morgan fingerprint density at radius 1 is 1.34 bits per heavy atom. The van der Waals surface area contributed by atoms with Gasteiger partial charge in [-0.2, -0.15) is 5.10 Å². The van der Waals surface area contributed by atoms with Crippen LogP contribution in [0.4, 0.5) is 13.2 Å². The van der Waals surface area contributed by atoms with Gasteiger partial charge in [0.05, 0.1) is 19.3 Å². The van der Waals surface area contributed by atoms with Crippen molar-refractivity contribution in [3.8, 4) is 5.75 Å². The van der Waals surface area contributed by atoms with Crippen molar-refractivity contribution >= 4 is 29.9 Å². The summed E-state index contributed by atoms with van der Waals surface area (Å²) in [5, 5.41) is 7.65. The van der Waals surface area contributed by atoms with Gasteiger partial charge in [0.25, 0.3) is 0 Å². The summed E-state index contributed by atoms with van der Waals surface area (Å²) in [5.41, 5.74) is 1.56. The number of nitrogens with one attached hydrogen (secondary N) is 1. The number of benzene rings is 1. The summed E-state index contributed by atoms with van der Waals surface area (Å²) < 4.78 is 50.1. The van der Waals surface area contributed by atoms with Crippen molar-refractivity contribution in [2.45, 2.75) is 37.8 Å². The van der Waals surface area contributed by atoms with Crippen LogP contribution in [0.3, 0.4) is 0 Å². The Morgan fingerprint density at radius 3 is 2.81 bits per heavy atom. The molecule has 1 aromatic heterocycles. The number of rotatable bonds is 5. The molecule has 1 saturated heterocycles. The van der Waals surface area contributed by atoms with Crippen LogP contribution in [0.25, 0.3) is 0 Å². The Kier molecular flexibility index (Phi) is 7.91. The zero-order valence-corrected chi connectivity index (χ0v) is 20.2. The Bertz CT molecular complexity index is 936. The van der Waals surface area contributed by atoms with Crippen LogP contribution in [0.1, 0.15) is 36.5 Å². The van der Waals surface area contributed by atoms with Crippen LogP contribution in [0, 0.1) is 0 Å². The summed E-state index contributed by atoms with van der Waals surface area (Å²) in [6, 6.07) is 6.33. The number of aryl methyl sites for hydroxylation is 1. The number of alkyl halides is 3. The van der Waals surface area contributed by atoms with Crippen molar-refractivity contribution < 1.29 is 22.6 Å². The Morgan fingerprint density at radius 2 is 2.12 bits per heavy atom. The van der Waals surface area contributed by atoms with Gasteiger partial charge >= 0.3 is 6.36 Å². The molecule has 11 heteroatoms. The highest BCUT2D eigenvalue weighted by Gasteiger charge is 2.43. The van der Waals surface area contributed by atoms with Crippen molar-refractivity contribution in [1.82, 2.24) is 20.0 Å². The molecule has 3 unspecified atom stereocenters. The molecule has 1 aromatic carbocycles. The molecule has 2 fully saturated rings. The largest absolute Gasteiger partial charge is 0.573 e. The second-order valence-electron chi connectivity index (χ2n) is 7.73. The highest BCUT2D eigenvalue weighted by Crippen LogP contribution is 2.45. The van der Waals surface area contributed by atoms with Crippen LogP contribution in [0.2, 0.25) is 0 Å². The maximum atomic E-state index is 12.8. The third kappa shape index (κ3) is 6.06. The zero-order valence-electron chi connectivity index (χ0n) is 17.9. The Balaban J connectivity index is 0.00000289. The molecular weight excluding hydrogens is 538 g/mol. The summed E-state index contributed by atoms with van der Waals surface area (Å²) in [4.78, 5) is 6.75. The van der Waals surface area contributed by atoms with E-state index in [0.29, 0.717) is 31.8 Å². The van der Waals surface area contributed by atoms with Gasteiger partial charge in [0.1, 0.15) is 11.9 Å². The average Bonchev–Trinajstić information content (AvgIpc) is 3.35. The number of hydrogen-bond donors (Lipinski definition) is 1. The first kappa shape index (κ1) is 24.6. The molecule has 0 spiro atoms. The first-order chi connectivity index (χ1) is 14.8. The molecule has 2 aromatic rings. The van der Waals surface area contributed by atoms with Crippen LogP contribution in [0.15, 0.2) is 41.7 Å². The molecule has 3 atom stereocenters. The van der Waals surface area contributed by atoms with Crippen LogP contribution in [0.5, 0.6) is 5.75 Å². The van der Waals surface area contributed by atoms with E-state index in [1.54, 1.807) is 29.1 Å². The number of aliphatic imine (C=N–C) groups is 1. The van der Waals surface area contributed by atoms with Gasteiger partial charge in [0.2, 0.25) is 0 Å². The molecule has 7 nitrogen and oxygen atoms in total. The number of guanidine groups is 1. The van der Waals surface area contributed by atoms with Crippen molar-refractivity contribution in [2.24, 2.45) is 12.0 Å². The summed E-state index contributed by atoms with van der Waals surface area (Å²) in [6.07, 6.45) is -0.364. The predicted molar refractivity (Wildman–Crippen MR) is 124 cm³/mol. The number of para-hydroxylation sites is 1. The van der Waals surface area contributed by atoms with Gasteiger partial charge in [0.15, 0.2) is 5.96 Å². The Labute approximate surface area is 202 Å². The monoisotopic (exact) mass is 565 g/mol. The van der Waals surface area contributed by atoms with Crippen LogP contribution in [-0.2, 0) is 11.8 Å². The van der Waals surface area contributed by atoms with Crippen LogP contribution < -0.4 is 10.1 Å². The van der Waals surface area contributed by atoms with Crippen molar-refractivity contribution in [2.75, 3.05) is 26.2 Å². The van der Waals surface area contributed by atoms with E-state index in [9.17, 15) is 13.2 Å². The van der Waals surface area contributed by atoms with E-state index in [1.165, 1.54) is 6.07 Å². The smallest absolute Gasteiger partial charge is 0.405 e. The van der Waals surface area contributed by atoms with Crippen LogP contribution in [-0.4, -0.2) is 59.3 Å². The molecule has 1 aliphatic heterocycles. The summed E-state index contributed by atoms with van der Waals surface area (Å²) in [5.74, 6) is 0.554. The van der Waals surface area contributed by atoms with Crippen molar-refractivity contribution in [1.29, 1.82) is 0 Å². The van der Waals surface area contributed by atoms with E-state index in [0.717, 1.165) is 17.9 Å². The molecule has 1 saturated carbocycles. The average molecular weight is 565 g/mol. The van der Waals surface area contributed by atoms with Gasteiger partial charge in [-0.05, 0) is 25.0 Å². The number of morpholine rings is 1. The molecule has 1 N–H and O–H groups in total. The molecule has 32 heavy (non-hydrogen) atoms. The minimum atomic E-state index is -4.71. The maximum absolute atomic E-state index is 12.8. The fourth-order valence-electron chi connectivity index (χ4n) is 3.90. The van der Waals surface area contributed by atoms with E-state index in [2.05, 4.69) is 25.0 Å². The molecule has 4 rings (SSSR count). The van der Waals surface area contributed by atoms with E-state index in [4.69, 9.17) is 4.74 Å². The molecule has 2 heterocycles. The van der Waals surface area contributed by atoms with E-state index >= 15 is 0 Å². The fourth-order valence-corrected chi connectivity index (χ4v) is 3.90. The van der Waals surface area contributed by atoms with Gasteiger partial charge in [-0.25, -0.2) is 0 Å². The molecule has 1 aliphatic carbocycles. The molecule has 176 valence electrons. The lowest BCUT2D eigenvalue weighted by Gasteiger charge is -2.35. The first-order valence-corrected chi connectivity index (χ1v) is 10.3. The number of ether oxygens (including phenoxy) is 2. The highest BCUT2D eigenvalue weighted by atomic mass is 127. The highest BCUT2D eigenvalue weighted by molar-refractivity contribution is 14.0. The molecular formula is C21H27F3IN5O2. The zero-order chi connectivity index (χ0) is 22.0. The minimum Gasteiger partial charge on any atom is -0.405 e. The van der Waals surface area contributed by atoms with Gasteiger partial charge in [-0.1, -0.05) is 18.2 Å². The minimum absolute atomic E-state index is 0. The molecule has 0 bridgehead atoms. The molecule has 0 radical (unpaired) electrons. The topological polar surface area (TPSA) is 63.9 Å². The lowest BCUT2D eigenvalue weighted by atomic mass is 10.1. The SMILES string of the molecule is CCN=C(NC1CC1c1ccccc1OC(F)(F)F)N1CCOC(c2cnn(C)c2)C1.I. The lowest BCUT2D eigenvalue weighted by molar-refractivity contribution is -0.274. The van der Waals surface area contributed by atoms with Gasteiger partial charge in [0, 0.05) is 43.9 Å². The maximum Gasteiger partial charge on any atom is 0.573 e. The van der Waals surface area contributed by atoms with E-state index in [-0.39, 0.29) is 47.8 Å². The Hall–Kier alpha value is -2.02. The number of hydrogen-bond acceptors (Lipinski definition) is 4. The first-order valence-electron chi connectivity index (χ1n) is 10.3. The van der Waals surface area contributed by atoms with E-state index in [1.807, 2.05) is 20.2 Å². The molecule has 2 aliphatic rings. The van der Waals surface area contributed by atoms with Gasteiger partial charge in [-0.15, -0.1) is 37.1 Å². The van der Waals surface area contributed by atoms with Crippen molar-refractivity contribution in [3.05, 3.63) is 47.8 Å². The second-order valence-corrected chi connectivity index (χ2v) is 7.73. The summed E-state index contributed by atoms with van der Waals surface area (Å²) >= 11 is 0. The van der Waals surface area contributed by atoms with Crippen LogP contribution >= 0.6 is 24.0 Å². The number of aromatic nitrogens is 2. The van der Waals surface area contributed by atoms with Crippen molar-refractivity contribution in [3.63, 3.8) is 0 Å². The summed E-state index contributed by atoms with van der Waals surface area (Å²) in [7, 11) is 1.86. The number of nitrogens with zero attached hydrogens (tertiary/aromatic N) is 4. The summed E-state index contributed by atoms with van der Waals surface area (Å²) in [6.45, 7) is 4.43.